The molecule has 5 nitrogen and oxygen atoms in total. The van der Waals surface area contributed by atoms with E-state index in [9.17, 15) is 8.42 Å². The van der Waals surface area contributed by atoms with Crippen LogP contribution in [0.15, 0.2) is 29.2 Å². The van der Waals surface area contributed by atoms with Crippen molar-refractivity contribution in [2.45, 2.75) is 18.2 Å². The van der Waals surface area contributed by atoms with Crippen LogP contribution in [0.5, 0.6) is 0 Å². The predicted molar refractivity (Wildman–Crippen MR) is 86.8 cm³/mol. The first-order chi connectivity index (χ1) is 10.0. The molecule has 1 aromatic carbocycles. The normalized spacial score (nSPS) is 11.6. The van der Waals surface area contributed by atoms with E-state index in [-0.39, 0.29) is 5.75 Å². The largest absolute Gasteiger partial charge is 0.383 e. The van der Waals surface area contributed by atoms with Crippen LogP contribution in [0.2, 0.25) is 0 Å². The minimum atomic E-state index is -3.12. The molecule has 0 aliphatic heterocycles. The highest BCUT2D eigenvalue weighted by atomic mass is 32.2. The third kappa shape index (κ3) is 6.03. The van der Waals surface area contributed by atoms with Crippen LogP contribution in [0.3, 0.4) is 0 Å². The summed E-state index contributed by atoms with van der Waals surface area (Å²) in [6.07, 6.45) is 0.636. The molecule has 0 spiro atoms. The van der Waals surface area contributed by atoms with Crippen molar-refractivity contribution in [1.82, 2.24) is 5.32 Å². The first kappa shape index (κ1) is 17.9. The molecule has 0 heterocycles. The van der Waals surface area contributed by atoms with E-state index >= 15 is 0 Å². The Bertz CT molecular complexity index is 500. The Labute approximate surface area is 128 Å². The van der Waals surface area contributed by atoms with Crippen molar-refractivity contribution in [2.75, 3.05) is 51.1 Å². The highest BCUT2D eigenvalue weighted by molar-refractivity contribution is 7.91. The van der Waals surface area contributed by atoms with Crippen LogP contribution in [0, 0.1) is 0 Å². The number of anilines is 1. The summed E-state index contributed by atoms with van der Waals surface area (Å²) < 4.78 is 28.9. The maximum absolute atomic E-state index is 12.0. The van der Waals surface area contributed by atoms with Gasteiger partial charge in [-0.3, -0.25) is 0 Å². The Morgan fingerprint density at radius 2 is 1.86 bits per heavy atom. The summed E-state index contributed by atoms with van der Waals surface area (Å²) >= 11 is 0. The number of nitrogens with zero attached hydrogens (tertiary/aromatic N) is 1. The molecule has 0 aromatic heterocycles. The molecule has 0 amide bonds. The van der Waals surface area contributed by atoms with Gasteiger partial charge < -0.3 is 15.0 Å². The molecule has 0 atom stereocenters. The van der Waals surface area contributed by atoms with Gasteiger partial charge in [0.15, 0.2) is 9.84 Å². The molecule has 0 aliphatic carbocycles. The number of nitrogens with one attached hydrogen (secondary N) is 1. The van der Waals surface area contributed by atoms with Crippen LogP contribution < -0.4 is 10.2 Å². The number of ether oxygens (including phenoxy) is 1. The van der Waals surface area contributed by atoms with Gasteiger partial charge in [0.1, 0.15) is 0 Å². The third-order valence-corrected chi connectivity index (χ3v) is 5.15. The van der Waals surface area contributed by atoms with Crippen LogP contribution in [0.1, 0.15) is 13.3 Å². The van der Waals surface area contributed by atoms with E-state index in [1.165, 1.54) is 0 Å². The van der Waals surface area contributed by atoms with Crippen LogP contribution in [-0.2, 0) is 14.6 Å². The molecule has 1 rings (SSSR count). The molecule has 0 aliphatic rings. The van der Waals surface area contributed by atoms with Gasteiger partial charge in [-0.25, -0.2) is 8.42 Å². The fourth-order valence-corrected chi connectivity index (χ4v) is 3.29. The standard InChI is InChI=1S/C15H26N2O3S/c1-4-13-21(18,19)15-7-5-14(6-8-15)17(2)11-9-16-10-12-20-3/h5-8,16H,4,9-13H2,1-3H3. The molecule has 6 heteroatoms. The van der Waals surface area contributed by atoms with E-state index in [1.54, 1.807) is 19.2 Å². The molecule has 0 radical (unpaired) electrons. The van der Waals surface area contributed by atoms with E-state index < -0.39 is 9.84 Å². The topological polar surface area (TPSA) is 58.6 Å². The molecular formula is C15H26N2O3S. The van der Waals surface area contributed by atoms with Crippen LogP contribution in [-0.4, -0.2) is 54.6 Å². The summed E-state index contributed by atoms with van der Waals surface area (Å²) in [6, 6.07) is 7.10. The van der Waals surface area contributed by atoms with Gasteiger partial charge in [0.05, 0.1) is 17.3 Å². The van der Waals surface area contributed by atoms with Crippen molar-refractivity contribution in [1.29, 1.82) is 0 Å². The summed E-state index contributed by atoms with van der Waals surface area (Å²) in [7, 11) is 0.551. The first-order valence-corrected chi connectivity index (χ1v) is 8.90. The smallest absolute Gasteiger partial charge is 0.178 e. The second-order valence-corrected chi connectivity index (χ2v) is 7.09. The summed E-state index contributed by atoms with van der Waals surface area (Å²) in [6.45, 7) is 5.11. The van der Waals surface area contributed by atoms with Gasteiger partial charge in [0, 0.05) is 39.5 Å². The lowest BCUT2D eigenvalue weighted by atomic mass is 10.3. The van der Waals surface area contributed by atoms with Crippen LogP contribution in [0.25, 0.3) is 0 Å². The Balaban J connectivity index is 2.53. The van der Waals surface area contributed by atoms with E-state index in [0.717, 1.165) is 25.3 Å². The molecule has 0 fully saturated rings. The molecule has 120 valence electrons. The van der Waals surface area contributed by atoms with Crippen molar-refractivity contribution < 1.29 is 13.2 Å². The number of rotatable bonds is 10. The van der Waals surface area contributed by atoms with Gasteiger partial charge in [-0.1, -0.05) is 6.92 Å². The summed E-state index contributed by atoms with van der Waals surface area (Å²) in [5.41, 5.74) is 1.01. The van der Waals surface area contributed by atoms with Crippen molar-refractivity contribution >= 4 is 15.5 Å². The summed E-state index contributed by atoms with van der Waals surface area (Å²) in [4.78, 5) is 2.50. The van der Waals surface area contributed by atoms with Gasteiger partial charge in [-0.2, -0.15) is 0 Å². The number of methoxy groups -OCH3 is 1. The Morgan fingerprint density at radius 3 is 2.43 bits per heavy atom. The summed E-state index contributed by atoms with van der Waals surface area (Å²) in [5.74, 6) is 0.200. The van der Waals surface area contributed by atoms with Gasteiger partial charge in [-0.15, -0.1) is 0 Å². The van der Waals surface area contributed by atoms with Crippen molar-refractivity contribution in [2.24, 2.45) is 0 Å². The molecule has 0 unspecified atom stereocenters. The lowest BCUT2D eigenvalue weighted by Gasteiger charge is -2.19. The lowest BCUT2D eigenvalue weighted by molar-refractivity contribution is 0.200. The fourth-order valence-electron chi connectivity index (χ4n) is 1.97. The lowest BCUT2D eigenvalue weighted by Crippen LogP contribution is -2.30. The molecule has 21 heavy (non-hydrogen) atoms. The quantitative estimate of drug-likeness (QED) is 0.664. The summed E-state index contributed by atoms with van der Waals surface area (Å²) in [5, 5.41) is 3.28. The Hall–Kier alpha value is -1.11. The molecule has 0 saturated carbocycles. The number of hydrogen-bond acceptors (Lipinski definition) is 5. The van der Waals surface area contributed by atoms with E-state index in [0.29, 0.717) is 17.9 Å². The number of likely N-dealkylation sites (N-methyl/N-ethyl adjacent to an activating group) is 1. The molecular weight excluding hydrogens is 288 g/mol. The predicted octanol–water partition coefficient (Wildman–Crippen LogP) is 1.54. The second-order valence-electron chi connectivity index (χ2n) is 4.98. The third-order valence-electron chi connectivity index (χ3n) is 3.22. The average Bonchev–Trinajstić information content (AvgIpc) is 2.47. The highest BCUT2D eigenvalue weighted by Crippen LogP contribution is 2.18. The second kappa shape index (κ2) is 9.02. The van der Waals surface area contributed by atoms with Gasteiger partial charge in [-0.05, 0) is 30.7 Å². The molecule has 1 N–H and O–H groups in total. The van der Waals surface area contributed by atoms with E-state index in [1.807, 2.05) is 26.1 Å². The highest BCUT2D eigenvalue weighted by Gasteiger charge is 2.13. The first-order valence-electron chi connectivity index (χ1n) is 7.25. The SMILES string of the molecule is CCCS(=O)(=O)c1ccc(N(C)CCNCCOC)cc1. The zero-order valence-corrected chi connectivity index (χ0v) is 13.9. The maximum Gasteiger partial charge on any atom is 0.178 e. The van der Waals surface area contributed by atoms with Crippen molar-refractivity contribution in [3.63, 3.8) is 0 Å². The van der Waals surface area contributed by atoms with E-state index in [4.69, 9.17) is 4.74 Å². The Kier molecular flexibility index (Phi) is 7.71. The molecule has 1 aromatic rings. The van der Waals surface area contributed by atoms with E-state index in [2.05, 4.69) is 10.2 Å². The van der Waals surface area contributed by atoms with Gasteiger partial charge in [0.2, 0.25) is 0 Å². The van der Waals surface area contributed by atoms with Crippen molar-refractivity contribution in [3.05, 3.63) is 24.3 Å². The van der Waals surface area contributed by atoms with Crippen LogP contribution in [0.4, 0.5) is 5.69 Å². The number of benzene rings is 1. The minimum absolute atomic E-state index is 0.200. The zero-order chi connectivity index (χ0) is 15.7. The monoisotopic (exact) mass is 314 g/mol. The fraction of sp³-hybridized carbons (Fsp3) is 0.600. The van der Waals surface area contributed by atoms with Crippen molar-refractivity contribution in [3.8, 4) is 0 Å². The van der Waals surface area contributed by atoms with Gasteiger partial charge >= 0.3 is 0 Å². The van der Waals surface area contributed by atoms with Gasteiger partial charge in [0.25, 0.3) is 0 Å². The average molecular weight is 314 g/mol. The minimum Gasteiger partial charge on any atom is -0.383 e. The maximum atomic E-state index is 12.0. The number of sulfone groups is 1. The Morgan fingerprint density at radius 1 is 1.19 bits per heavy atom. The molecule has 0 saturated heterocycles. The molecule has 0 bridgehead atoms. The zero-order valence-electron chi connectivity index (χ0n) is 13.1. The van der Waals surface area contributed by atoms with Crippen LogP contribution >= 0.6 is 0 Å². The number of hydrogen-bond donors (Lipinski definition) is 1.